The van der Waals surface area contributed by atoms with Gasteiger partial charge in [-0.05, 0) is 48.9 Å². The predicted octanol–water partition coefficient (Wildman–Crippen LogP) is 2.32. The summed E-state index contributed by atoms with van der Waals surface area (Å²) in [5.41, 5.74) is 13.9. The minimum absolute atomic E-state index is 0.422. The Hall–Kier alpha value is -1.84. The van der Waals surface area contributed by atoms with Crippen LogP contribution in [0.4, 0.5) is 0 Å². The van der Waals surface area contributed by atoms with Crippen LogP contribution >= 0.6 is 0 Å². The first-order valence-corrected chi connectivity index (χ1v) is 7.35. The lowest BCUT2D eigenvalue weighted by atomic mass is 9.87. The highest BCUT2D eigenvalue weighted by Gasteiger charge is 2.19. The van der Waals surface area contributed by atoms with Crippen molar-refractivity contribution >= 4 is 11.8 Å². The van der Waals surface area contributed by atoms with E-state index in [9.17, 15) is 9.59 Å². The Bertz CT molecular complexity index is 476. The quantitative estimate of drug-likeness (QED) is 0.867. The maximum atomic E-state index is 11.6. The highest BCUT2D eigenvalue weighted by atomic mass is 16.1. The van der Waals surface area contributed by atoms with Crippen LogP contribution in [0.1, 0.15) is 70.4 Å². The molecule has 1 aliphatic carbocycles. The monoisotopic (exact) mass is 274 g/mol. The van der Waals surface area contributed by atoms with Crippen LogP contribution in [0.15, 0.2) is 12.1 Å². The maximum Gasteiger partial charge on any atom is 0.248 e. The summed E-state index contributed by atoms with van der Waals surface area (Å²) in [5, 5.41) is 0. The first-order valence-electron chi connectivity index (χ1n) is 7.35. The summed E-state index contributed by atoms with van der Waals surface area (Å²) in [4.78, 5) is 23.2. The third-order valence-corrected chi connectivity index (χ3v) is 4.07. The van der Waals surface area contributed by atoms with Crippen molar-refractivity contribution in [3.05, 3.63) is 34.4 Å². The minimum atomic E-state index is -0.422. The zero-order valence-electron chi connectivity index (χ0n) is 11.8. The molecule has 4 N–H and O–H groups in total. The fraction of sp³-hybridized carbons (Fsp3) is 0.500. The van der Waals surface area contributed by atoms with Crippen molar-refractivity contribution in [2.75, 3.05) is 0 Å². The zero-order chi connectivity index (χ0) is 14.5. The summed E-state index contributed by atoms with van der Waals surface area (Å²) in [5.74, 6) is -0.844. The molecule has 0 fully saturated rings. The molecule has 0 unspecified atom stereocenters. The van der Waals surface area contributed by atoms with Gasteiger partial charge in [0.2, 0.25) is 11.8 Å². The molecule has 0 atom stereocenters. The van der Waals surface area contributed by atoms with E-state index in [1.54, 1.807) is 12.1 Å². The van der Waals surface area contributed by atoms with Gasteiger partial charge in [-0.2, -0.15) is 0 Å². The number of fused-ring (bicyclic) bond motifs is 1. The van der Waals surface area contributed by atoms with E-state index in [1.807, 2.05) is 0 Å². The topological polar surface area (TPSA) is 86.2 Å². The third kappa shape index (κ3) is 3.18. The molecule has 0 aromatic heterocycles. The number of rotatable bonds is 2. The number of nitrogens with two attached hydrogens (primary N) is 2. The second-order valence-corrected chi connectivity index (χ2v) is 5.47. The minimum Gasteiger partial charge on any atom is -0.366 e. The zero-order valence-corrected chi connectivity index (χ0v) is 11.8. The standard InChI is InChI=1S/C16H22N2O2/c17-15(19)13-9-10-14(16(18)20)12-8-6-4-2-1-3-5-7-11(12)13/h9-10H,1-8H2,(H2,17,19)(H2,18,20). The third-order valence-electron chi connectivity index (χ3n) is 4.07. The summed E-state index contributed by atoms with van der Waals surface area (Å²) in [6, 6.07) is 3.29. The van der Waals surface area contributed by atoms with Crippen molar-refractivity contribution in [2.24, 2.45) is 11.5 Å². The van der Waals surface area contributed by atoms with Gasteiger partial charge in [-0.1, -0.05) is 25.7 Å². The van der Waals surface area contributed by atoms with Gasteiger partial charge in [-0.25, -0.2) is 0 Å². The molecule has 2 rings (SSSR count). The van der Waals surface area contributed by atoms with Crippen LogP contribution in [0.25, 0.3) is 0 Å². The Labute approximate surface area is 119 Å². The molecule has 0 bridgehead atoms. The van der Waals surface area contributed by atoms with Gasteiger partial charge in [0.15, 0.2) is 0 Å². The molecule has 0 aliphatic heterocycles. The molecule has 0 saturated heterocycles. The average Bonchev–Trinajstić information content (AvgIpc) is 2.42. The van der Waals surface area contributed by atoms with Crippen LogP contribution in [-0.4, -0.2) is 11.8 Å². The normalized spacial score (nSPS) is 16.2. The van der Waals surface area contributed by atoms with E-state index in [4.69, 9.17) is 11.5 Å². The van der Waals surface area contributed by atoms with Gasteiger partial charge < -0.3 is 11.5 Å². The molecule has 0 saturated carbocycles. The molecule has 1 aromatic rings. The summed E-state index contributed by atoms with van der Waals surface area (Å²) in [7, 11) is 0. The summed E-state index contributed by atoms with van der Waals surface area (Å²) in [6.07, 6.45) is 8.42. The van der Waals surface area contributed by atoms with E-state index in [0.717, 1.165) is 49.7 Å². The number of hydrogen-bond donors (Lipinski definition) is 2. The van der Waals surface area contributed by atoms with Crippen LogP contribution in [0, 0.1) is 0 Å². The van der Waals surface area contributed by atoms with Gasteiger partial charge in [-0.3, -0.25) is 9.59 Å². The fourth-order valence-electron chi connectivity index (χ4n) is 3.04. The fourth-order valence-corrected chi connectivity index (χ4v) is 3.04. The first-order chi connectivity index (χ1) is 9.61. The highest BCUT2D eigenvalue weighted by molar-refractivity contribution is 5.99. The summed E-state index contributed by atoms with van der Waals surface area (Å²) in [6.45, 7) is 0. The average molecular weight is 274 g/mol. The number of hydrogen-bond acceptors (Lipinski definition) is 2. The van der Waals surface area contributed by atoms with Crippen molar-refractivity contribution in [3.63, 3.8) is 0 Å². The lowest BCUT2D eigenvalue weighted by Crippen LogP contribution is -2.20. The Morgan fingerprint density at radius 3 is 1.40 bits per heavy atom. The Kier molecular flexibility index (Phi) is 4.77. The van der Waals surface area contributed by atoms with Crippen molar-refractivity contribution in [3.8, 4) is 0 Å². The molecule has 4 nitrogen and oxygen atoms in total. The lowest BCUT2D eigenvalue weighted by molar-refractivity contribution is 0.0986. The lowest BCUT2D eigenvalue weighted by Gasteiger charge is -2.18. The molecule has 0 radical (unpaired) electrons. The first kappa shape index (κ1) is 14.6. The molecule has 0 heterocycles. The van der Waals surface area contributed by atoms with E-state index >= 15 is 0 Å². The van der Waals surface area contributed by atoms with E-state index < -0.39 is 11.8 Å². The second kappa shape index (κ2) is 6.55. The van der Waals surface area contributed by atoms with Crippen LogP contribution in [-0.2, 0) is 12.8 Å². The SMILES string of the molecule is NC(=O)c1ccc(C(N)=O)c2c1CCCCCCCC2. The number of amides is 2. The van der Waals surface area contributed by atoms with E-state index in [2.05, 4.69) is 0 Å². The van der Waals surface area contributed by atoms with Gasteiger partial charge in [-0.15, -0.1) is 0 Å². The Balaban J connectivity index is 2.50. The van der Waals surface area contributed by atoms with Gasteiger partial charge >= 0.3 is 0 Å². The molecule has 20 heavy (non-hydrogen) atoms. The number of benzene rings is 1. The van der Waals surface area contributed by atoms with Crippen molar-refractivity contribution < 1.29 is 9.59 Å². The molecule has 2 amide bonds. The highest BCUT2D eigenvalue weighted by Crippen LogP contribution is 2.25. The van der Waals surface area contributed by atoms with E-state index in [1.165, 1.54) is 12.8 Å². The maximum absolute atomic E-state index is 11.6. The van der Waals surface area contributed by atoms with Crippen molar-refractivity contribution in [1.29, 1.82) is 0 Å². The molecule has 1 aliphatic rings. The van der Waals surface area contributed by atoms with Crippen LogP contribution in [0.5, 0.6) is 0 Å². The largest absolute Gasteiger partial charge is 0.366 e. The molecule has 0 spiro atoms. The summed E-state index contributed by atoms with van der Waals surface area (Å²) >= 11 is 0. The van der Waals surface area contributed by atoms with Gasteiger partial charge in [0.05, 0.1) is 0 Å². The molecule has 108 valence electrons. The van der Waals surface area contributed by atoms with Crippen molar-refractivity contribution in [1.82, 2.24) is 0 Å². The summed E-state index contributed by atoms with van der Waals surface area (Å²) < 4.78 is 0. The molecular weight excluding hydrogens is 252 g/mol. The number of carbonyl (C=O) groups excluding carboxylic acids is 2. The van der Waals surface area contributed by atoms with Crippen LogP contribution in [0.3, 0.4) is 0 Å². The van der Waals surface area contributed by atoms with Gasteiger partial charge in [0, 0.05) is 11.1 Å². The molecule has 4 heteroatoms. The second-order valence-electron chi connectivity index (χ2n) is 5.47. The van der Waals surface area contributed by atoms with E-state index in [0.29, 0.717) is 11.1 Å². The smallest absolute Gasteiger partial charge is 0.248 e. The van der Waals surface area contributed by atoms with Crippen LogP contribution in [0.2, 0.25) is 0 Å². The van der Waals surface area contributed by atoms with Gasteiger partial charge in [0.25, 0.3) is 0 Å². The Morgan fingerprint density at radius 2 is 1.05 bits per heavy atom. The van der Waals surface area contributed by atoms with Crippen LogP contribution < -0.4 is 11.5 Å². The van der Waals surface area contributed by atoms with Crippen molar-refractivity contribution in [2.45, 2.75) is 51.4 Å². The van der Waals surface area contributed by atoms with E-state index in [-0.39, 0.29) is 0 Å². The molecular formula is C16H22N2O2. The number of primary amides is 2. The molecule has 1 aromatic carbocycles. The number of carbonyl (C=O) groups is 2. The van der Waals surface area contributed by atoms with Gasteiger partial charge in [0.1, 0.15) is 0 Å². The predicted molar refractivity (Wildman–Crippen MR) is 78.6 cm³/mol. The Morgan fingerprint density at radius 1 is 0.700 bits per heavy atom.